The Morgan fingerprint density at radius 3 is 2.82 bits per heavy atom. The van der Waals surface area contributed by atoms with Crippen molar-refractivity contribution in [2.75, 3.05) is 26.8 Å². The molecule has 0 saturated carbocycles. The number of aryl methyl sites for hydroxylation is 1. The molecule has 1 atom stereocenters. The number of hydrogen-bond acceptors (Lipinski definition) is 7. The van der Waals surface area contributed by atoms with Gasteiger partial charge in [-0.05, 0) is 54.3 Å². The Labute approximate surface area is 220 Å². The van der Waals surface area contributed by atoms with E-state index in [0.717, 1.165) is 22.3 Å². The maximum Gasteiger partial charge on any atom is 0.290 e. The van der Waals surface area contributed by atoms with Crippen molar-refractivity contribution < 1.29 is 27.9 Å². The van der Waals surface area contributed by atoms with Gasteiger partial charge < -0.3 is 28.5 Å². The molecule has 5 rings (SSSR count). The summed E-state index contributed by atoms with van der Waals surface area (Å²) in [5.74, 6) is 0.703. The summed E-state index contributed by atoms with van der Waals surface area (Å²) in [5, 5.41) is 2.70. The first-order valence-corrected chi connectivity index (χ1v) is 12.4. The molecule has 1 aliphatic rings. The molecule has 0 unspecified atom stereocenters. The molecule has 0 bridgehead atoms. The Hall–Kier alpha value is -4.37. The van der Waals surface area contributed by atoms with E-state index >= 15 is 0 Å². The van der Waals surface area contributed by atoms with Crippen molar-refractivity contribution in [3.63, 3.8) is 0 Å². The SMILES string of the molecule is COCCNC(=O)c1coc(COc2ccc3c(c2)[C@@H](c2cccc(C)c2)N(C(=O)c2ccco2)CC3)n1. The Bertz CT molecular complexity index is 1410. The lowest BCUT2D eigenvalue weighted by Crippen LogP contribution is -2.40. The molecule has 2 aromatic carbocycles. The van der Waals surface area contributed by atoms with E-state index in [1.54, 1.807) is 19.2 Å². The predicted octanol–water partition coefficient (Wildman–Crippen LogP) is 4.32. The first-order chi connectivity index (χ1) is 18.5. The fourth-order valence-corrected chi connectivity index (χ4v) is 4.63. The van der Waals surface area contributed by atoms with Crippen LogP contribution in [-0.4, -0.2) is 48.5 Å². The van der Waals surface area contributed by atoms with Crippen LogP contribution in [-0.2, 0) is 17.8 Å². The van der Waals surface area contributed by atoms with Crippen LogP contribution >= 0.6 is 0 Å². The van der Waals surface area contributed by atoms with Gasteiger partial charge in [0.05, 0.1) is 18.9 Å². The highest BCUT2D eigenvalue weighted by molar-refractivity contribution is 5.92. The highest BCUT2D eigenvalue weighted by Crippen LogP contribution is 2.38. The molecule has 1 aliphatic heterocycles. The third-order valence-corrected chi connectivity index (χ3v) is 6.43. The molecular formula is C29H29N3O6. The predicted molar refractivity (Wildman–Crippen MR) is 138 cm³/mol. The van der Waals surface area contributed by atoms with Crippen LogP contribution in [0.4, 0.5) is 0 Å². The van der Waals surface area contributed by atoms with Crippen molar-refractivity contribution >= 4 is 11.8 Å². The van der Waals surface area contributed by atoms with Gasteiger partial charge in [0.25, 0.3) is 11.8 Å². The summed E-state index contributed by atoms with van der Waals surface area (Å²) in [7, 11) is 1.57. The smallest absolute Gasteiger partial charge is 0.290 e. The number of oxazole rings is 1. The summed E-state index contributed by atoms with van der Waals surface area (Å²) in [4.78, 5) is 31.6. The Morgan fingerprint density at radius 1 is 1.13 bits per heavy atom. The zero-order valence-corrected chi connectivity index (χ0v) is 21.3. The van der Waals surface area contributed by atoms with Crippen molar-refractivity contribution in [1.29, 1.82) is 0 Å². The molecule has 4 aromatic rings. The van der Waals surface area contributed by atoms with Gasteiger partial charge in [-0.1, -0.05) is 35.9 Å². The fraction of sp³-hybridized carbons (Fsp3) is 0.276. The Morgan fingerprint density at radius 2 is 2.03 bits per heavy atom. The van der Waals surface area contributed by atoms with Crippen LogP contribution in [0.25, 0.3) is 0 Å². The molecule has 0 spiro atoms. The number of carbonyl (C=O) groups excluding carboxylic acids is 2. The summed E-state index contributed by atoms with van der Waals surface area (Å²) >= 11 is 0. The second-order valence-electron chi connectivity index (χ2n) is 9.07. The summed E-state index contributed by atoms with van der Waals surface area (Å²) in [5.41, 5.74) is 4.44. The van der Waals surface area contributed by atoms with E-state index in [0.29, 0.717) is 37.6 Å². The maximum atomic E-state index is 13.4. The lowest BCUT2D eigenvalue weighted by Gasteiger charge is -2.37. The van der Waals surface area contributed by atoms with Gasteiger partial charge in [-0.25, -0.2) is 4.98 Å². The normalized spacial score (nSPS) is 14.7. The van der Waals surface area contributed by atoms with Crippen LogP contribution in [0.2, 0.25) is 0 Å². The van der Waals surface area contributed by atoms with Gasteiger partial charge in [0.2, 0.25) is 5.89 Å². The average molecular weight is 516 g/mol. The minimum atomic E-state index is -0.340. The number of furan rings is 1. The highest BCUT2D eigenvalue weighted by atomic mass is 16.5. The van der Waals surface area contributed by atoms with Crippen LogP contribution in [0, 0.1) is 6.92 Å². The van der Waals surface area contributed by atoms with Gasteiger partial charge in [0.15, 0.2) is 18.1 Å². The fourth-order valence-electron chi connectivity index (χ4n) is 4.63. The number of hydrogen-bond donors (Lipinski definition) is 1. The summed E-state index contributed by atoms with van der Waals surface area (Å²) in [6.07, 6.45) is 3.53. The molecule has 0 fully saturated rings. The van der Waals surface area contributed by atoms with Crippen LogP contribution in [0.15, 0.2) is 76.0 Å². The van der Waals surface area contributed by atoms with E-state index in [-0.39, 0.29) is 36.0 Å². The Kier molecular flexibility index (Phi) is 7.55. The molecule has 9 heteroatoms. The number of nitrogens with zero attached hydrogens (tertiary/aromatic N) is 2. The minimum Gasteiger partial charge on any atom is -0.484 e. The zero-order valence-electron chi connectivity index (χ0n) is 21.3. The molecule has 0 radical (unpaired) electrons. The largest absolute Gasteiger partial charge is 0.484 e. The molecule has 196 valence electrons. The van der Waals surface area contributed by atoms with Gasteiger partial charge >= 0.3 is 0 Å². The lowest BCUT2D eigenvalue weighted by atomic mass is 9.87. The summed E-state index contributed by atoms with van der Waals surface area (Å²) in [6, 6.07) is 17.2. The highest BCUT2D eigenvalue weighted by Gasteiger charge is 2.34. The standard InChI is InChI=1S/C29H29N3O6/c1-19-5-3-6-21(15-19)27-23-16-22(37-18-26-31-24(17-38-26)28(33)30-11-14-35-2)9-8-20(23)10-12-32(27)29(34)25-7-4-13-36-25/h3-9,13,15-17,27H,10-12,14,18H2,1-2H3,(H,30,33)/t27-/m1/s1. The van der Waals surface area contributed by atoms with Gasteiger partial charge in [-0.3, -0.25) is 9.59 Å². The third kappa shape index (κ3) is 5.47. The second-order valence-corrected chi connectivity index (χ2v) is 9.07. The lowest BCUT2D eigenvalue weighted by molar-refractivity contribution is 0.0661. The number of nitrogens with one attached hydrogen (secondary N) is 1. The number of amides is 2. The zero-order chi connectivity index (χ0) is 26.5. The first kappa shape index (κ1) is 25.3. The van der Waals surface area contributed by atoms with Crippen LogP contribution < -0.4 is 10.1 Å². The van der Waals surface area contributed by atoms with Crippen LogP contribution in [0.1, 0.15) is 55.2 Å². The number of aromatic nitrogens is 1. The van der Waals surface area contributed by atoms with Gasteiger partial charge in [-0.2, -0.15) is 0 Å². The topological polar surface area (TPSA) is 107 Å². The number of benzene rings is 2. The Balaban J connectivity index is 1.38. The van der Waals surface area contributed by atoms with Crippen molar-refractivity contribution in [1.82, 2.24) is 15.2 Å². The minimum absolute atomic E-state index is 0.0499. The van der Waals surface area contributed by atoms with E-state index in [2.05, 4.69) is 16.4 Å². The molecule has 3 heterocycles. The number of methoxy groups -OCH3 is 1. The first-order valence-electron chi connectivity index (χ1n) is 12.4. The summed E-state index contributed by atoms with van der Waals surface area (Å²) in [6.45, 7) is 3.44. The van der Waals surface area contributed by atoms with Crippen LogP contribution in [0.3, 0.4) is 0 Å². The molecule has 0 saturated heterocycles. The van der Waals surface area contributed by atoms with Crippen molar-refractivity contribution in [2.24, 2.45) is 0 Å². The molecule has 38 heavy (non-hydrogen) atoms. The van der Waals surface area contributed by atoms with Crippen molar-refractivity contribution in [3.8, 4) is 5.75 Å². The molecule has 1 N–H and O–H groups in total. The van der Waals surface area contributed by atoms with E-state index in [1.165, 1.54) is 12.5 Å². The number of rotatable bonds is 9. The number of ether oxygens (including phenoxy) is 2. The van der Waals surface area contributed by atoms with E-state index in [1.807, 2.05) is 48.2 Å². The molecular weight excluding hydrogens is 486 g/mol. The molecule has 2 amide bonds. The monoisotopic (exact) mass is 515 g/mol. The van der Waals surface area contributed by atoms with Crippen molar-refractivity contribution in [2.45, 2.75) is 26.0 Å². The number of carbonyl (C=O) groups is 2. The quantitative estimate of drug-likeness (QED) is 0.331. The van der Waals surface area contributed by atoms with Crippen LogP contribution in [0.5, 0.6) is 5.75 Å². The molecule has 2 aromatic heterocycles. The van der Waals surface area contributed by atoms with E-state index in [9.17, 15) is 9.59 Å². The average Bonchev–Trinajstić information content (AvgIpc) is 3.64. The maximum absolute atomic E-state index is 13.4. The van der Waals surface area contributed by atoms with Gasteiger partial charge in [-0.15, -0.1) is 0 Å². The van der Waals surface area contributed by atoms with E-state index in [4.69, 9.17) is 18.3 Å². The molecule has 0 aliphatic carbocycles. The van der Waals surface area contributed by atoms with Gasteiger partial charge in [0.1, 0.15) is 12.0 Å². The third-order valence-electron chi connectivity index (χ3n) is 6.43. The number of fused-ring (bicyclic) bond motifs is 1. The van der Waals surface area contributed by atoms with Gasteiger partial charge in [0, 0.05) is 20.2 Å². The molecule has 9 nitrogen and oxygen atoms in total. The van der Waals surface area contributed by atoms with E-state index < -0.39 is 0 Å². The van der Waals surface area contributed by atoms with Crippen molar-refractivity contribution in [3.05, 3.63) is 107 Å². The second kappa shape index (κ2) is 11.4. The summed E-state index contributed by atoms with van der Waals surface area (Å²) < 4.78 is 21.8.